The minimum atomic E-state index is -0.295. The normalized spacial score (nSPS) is 10.9. The fraction of sp³-hybridized carbons (Fsp3) is 0.222. The highest BCUT2D eigenvalue weighted by molar-refractivity contribution is 6.05. The number of benzene rings is 1. The van der Waals surface area contributed by atoms with Crippen LogP contribution in [-0.2, 0) is 0 Å². The van der Waals surface area contributed by atoms with Gasteiger partial charge in [0.2, 0.25) is 0 Å². The Hall–Kier alpha value is -3.22. The molecule has 2 N–H and O–H groups in total. The molecule has 0 spiro atoms. The van der Waals surface area contributed by atoms with Gasteiger partial charge in [0.05, 0.1) is 17.5 Å². The molecule has 0 aliphatic rings. The Kier molecular flexibility index (Phi) is 4.47. The number of para-hydroxylation sites is 1. The summed E-state index contributed by atoms with van der Waals surface area (Å²) in [6, 6.07) is 10.6. The van der Waals surface area contributed by atoms with Crippen LogP contribution in [0, 0.1) is 6.92 Å². The molecule has 2 aromatic heterocycles. The molecule has 7 heteroatoms. The zero-order valence-electron chi connectivity index (χ0n) is 14.3. The van der Waals surface area contributed by atoms with Crippen molar-refractivity contribution in [3.63, 3.8) is 0 Å². The molecule has 7 nitrogen and oxygen atoms in total. The van der Waals surface area contributed by atoms with Crippen molar-refractivity contribution in [3.05, 3.63) is 69.8 Å². The maximum atomic E-state index is 12.7. The van der Waals surface area contributed by atoms with E-state index >= 15 is 0 Å². The molecule has 1 aromatic carbocycles. The number of nitrogens with zero attached hydrogens (tertiary/aromatic N) is 3. The van der Waals surface area contributed by atoms with Gasteiger partial charge in [-0.05, 0) is 30.5 Å². The summed E-state index contributed by atoms with van der Waals surface area (Å²) < 4.78 is 1.51. The van der Waals surface area contributed by atoms with Crippen molar-refractivity contribution in [3.8, 4) is 5.82 Å². The number of hydrogen-bond acceptors (Lipinski definition) is 4. The number of hydrogen-bond donors (Lipinski definition) is 2. The Morgan fingerprint density at radius 2 is 1.96 bits per heavy atom. The van der Waals surface area contributed by atoms with Gasteiger partial charge in [0, 0.05) is 11.8 Å². The highest BCUT2D eigenvalue weighted by Crippen LogP contribution is 2.24. The summed E-state index contributed by atoms with van der Waals surface area (Å²) in [7, 11) is 0. The molecular weight excluding hydrogens is 318 g/mol. The maximum absolute atomic E-state index is 12.7. The topological polar surface area (TPSA) is 92.7 Å². The number of anilines is 1. The summed E-state index contributed by atoms with van der Waals surface area (Å²) in [5.74, 6) is 0.505. The van der Waals surface area contributed by atoms with E-state index in [4.69, 9.17) is 0 Å². The average molecular weight is 337 g/mol. The lowest BCUT2D eigenvalue weighted by Gasteiger charge is -2.13. The molecule has 0 bridgehead atoms. The molecule has 0 radical (unpaired) electrons. The molecule has 128 valence electrons. The number of H-pyrrole nitrogens is 1. The molecule has 0 aliphatic carbocycles. The molecule has 3 aromatic rings. The Bertz CT molecular complexity index is 951. The van der Waals surface area contributed by atoms with Gasteiger partial charge in [-0.3, -0.25) is 9.59 Å². The fourth-order valence-corrected chi connectivity index (χ4v) is 2.62. The first-order valence-electron chi connectivity index (χ1n) is 7.98. The van der Waals surface area contributed by atoms with Crippen LogP contribution in [0.5, 0.6) is 0 Å². The summed E-state index contributed by atoms with van der Waals surface area (Å²) in [6.07, 6.45) is 1.50. The molecule has 0 atom stereocenters. The van der Waals surface area contributed by atoms with E-state index in [0.29, 0.717) is 23.0 Å². The van der Waals surface area contributed by atoms with E-state index < -0.39 is 0 Å². The van der Waals surface area contributed by atoms with E-state index in [1.807, 2.05) is 24.3 Å². The zero-order valence-corrected chi connectivity index (χ0v) is 14.3. The van der Waals surface area contributed by atoms with Crippen molar-refractivity contribution >= 4 is 11.6 Å². The van der Waals surface area contributed by atoms with Gasteiger partial charge in [-0.1, -0.05) is 32.0 Å². The second-order valence-corrected chi connectivity index (χ2v) is 6.03. The minimum Gasteiger partial charge on any atom is -0.322 e. The highest BCUT2D eigenvalue weighted by Gasteiger charge is 2.17. The summed E-state index contributed by atoms with van der Waals surface area (Å²) in [5, 5.41) is 13.5. The van der Waals surface area contributed by atoms with Crippen LogP contribution in [0.4, 0.5) is 5.69 Å². The van der Waals surface area contributed by atoms with Gasteiger partial charge >= 0.3 is 0 Å². The van der Waals surface area contributed by atoms with Gasteiger partial charge in [-0.15, -0.1) is 0 Å². The first kappa shape index (κ1) is 16.6. The van der Waals surface area contributed by atoms with Crippen LogP contribution < -0.4 is 10.9 Å². The quantitative estimate of drug-likeness (QED) is 0.765. The number of nitrogens with one attached hydrogen (secondary N) is 2. The molecule has 3 rings (SSSR count). The summed E-state index contributed by atoms with van der Waals surface area (Å²) in [4.78, 5) is 23.8. The Morgan fingerprint density at radius 1 is 1.20 bits per heavy atom. The molecule has 25 heavy (non-hydrogen) atoms. The Morgan fingerprint density at radius 3 is 2.64 bits per heavy atom. The van der Waals surface area contributed by atoms with Crippen molar-refractivity contribution in [1.82, 2.24) is 20.0 Å². The smallest absolute Gasteiger partial charge is 0.264 e. The van der Waals surface area contributed by atoms with Crippen LogP contribution >= 0.6 is 0 Å². The van der Waals surface area contributed by atoms with E-state index in [1.54, 1.807) is 13.0 Å². The molecule has 0 aliphatic heterocycles. The standard InChI is InChI=1S/C18H19N5O2/c1-11(2)13-6-4-5-7-15(13)20-18(25)14-10-19-23(12(14)3)16-8-9-17(24)22-21-16/h4-11H,1-3H3,(H,20,25)(H,22,24). The number of amides is 1. The number of aromatic nitrogens is 4. The average Bonchev–Trinajstić information content (AvgIpc) is 2.97. The van der Waals surface area contributed by atoms with E-state index in [0.717, 1.165) is 11.3 Å². The van der Waals surface area contributed by atoms with Crippen LogP contribution in [0.2, 0.25) is 0 Å². The van der Waals surface area contributed by atoms with Crippen LogP contribution in [0.15, 0.2) is 47.4 Å². The van der Waals surface area contributed by atoms with E-state index in [-0.39, 0.29) is 11.5 Å². The van der Waals surface area contributed by atoms with Crippen LogP contribution in [0.1, 0.15) is 41.4 Å². The number of aromatic amines is 1. The second-order valence-electron chi connectivity index (χ2n) is 6.03. The van der Waals surface area contributed by atoms with Crippen molar-refractivity contribution in [2.75, 3.05) is 5.32 Å². The van der Waals surface area contributed by atoms with Gasteiger partial charge < -0.3 is 5.32 Å². The number of rotatable bonds is 4. The largest absolute Gasteiger partial charge is 0.322 e. The second kappa shape index (κ2) is 6.72. The van der Waals surface area contributed by atoms with Gasteiger partial charge in [0.1, 0.15) is 0 Å². The van der Waals surface area contributed by atoms with Crippen LogP contribution in [-0.4, -0.2) is 25.9 Å². The van der Waals surface area contributed by atoms with E-state index in [1.165, 1.54) is 16.9 Å². The van der Waals surface area contributed by atoms with E-state index in [2.05, 4.69) is 34.5 Å². The third-order valence-corrected chi connectivity index (χ3v) is 3.97. The van der Waals surface area contributed by atoms with Gasteiger partial charge in [-0.25, -0.2) is 9.78 Å². The van der Waals surface area contributed by atoms with Crippen molar-refractivity contribution < 1.29 is 4.79 Å². The molecule has 0 saturated heterocycles. The summed E-state index contributed by atoms with van der Waals surface area (Å²) in [5.41, 5.74) is 2.66. The predicted octanol–water partition coefficient (Wildman–Crippen LogP) is 2.64. The molecule has 0 fully saturated rings. The van der Waals surface area contributed by atoms with Crippen molar-refractivity contribution in [2.45, 2.75) is 26.7 Å². The summed E-state index contributed by atoms with van der Waals surface area (Å²) >= 11 is 0. The third kappa shape index (κ3) is 3.35. The van der Waals surface area contributed by atoms with E-state index in [9.17, 15) is 9.59 Å². The first-order valence-corrected chi connectivity index (χ1v) is 7.98. The maximum Gasteiger partial charge on any atom is 0.264 e. The van der Waals surface area contributed by atoms with Crippen LogP contribution in [0.3, 0.4) is 0 Å². The van der Waals surface area contributed by atoms with Gasteiger partial charge in [0.15, 0.2) is 5.82 Å². The lowest BCUT2D eigenvalue weighted by molar-refractivity contribution is 0.102. The Balaban J connectivity index is 1.89. The van der Waals surface area contributed by atoms with Crippen molar-refractivity contribution in [2.24, 2.45) is 0 Å². The number of carbonyl (C=O) groups is 1. The van der Waals surface area contributed by atoms with Gasteiger partial charge in [0.25, 0.3) is 11.5 Å². The molecular formula is C18H19N5O2. The molecule has 0 unspecified atom stereocenters. The minimum absolute atomic E-state index is 0.235. The molecule has 0 saturated carbocycles. The fourth-order valence-electron chi connectivity index (χ4n) is 2.62. The predicted molar refractivity (Wildman–Crippen MR) is 95.2 cm³/mol. The zero-order chi connectivity index (χ0) is 18.0. The van der Waals surface area contributed by atoms with Crippen LogP contribution in [0.25, 0.3) is 5.82 Å². The third-order valence-electron chi connectivity index (χ3n) is 3.97. The number of carbonyl (C=O) groups excluding carboxylic acids is 1. The SMILES string of the molecule is Cc1c(C(=O)Nc2ccccc2C(C)C)cnn1-c1ccc(=O)[nH]n1. The first-order chi connectivity index (χ1) is 12.0. The highest BCUT2D eigenvalue weighted by atomic mass is 16.1. The monoisotopic (exact) mass is 337 g/mol. The Labute approximate surface area is 144 Å². The molecule has 2 heterocycles. The van der Waals surface area contributed by atoms with Gasteiger partial charge in [-0.2, -0.15) is 10.2 Å². The lowest BCUT2D eigenvalue weighted by atomic mass is 10.0. The van der Waals surface area contributed by atoms with Crippen molar-refractivity contribution in [1.29, 1.82) is 0 Å². The summed E-state index contributed by atoms with van der Waals surface area (Å²) in [6.45, 7) is 5.94. The molecule has 1 amide bonds. The lowest BCUT2D eigenvalue weighted by Crippen LogP contribution is -2.15.